The molecule has 0 saturated carbocycles. The van der Waals surface area contributed by atoms with Crippen molar-refractivity contribution < 1.29 is 28.6 Å². The molecule has 1 heterocycles. The molecule has 1 aliphatic heterocycles. The van der Waals surface area contributed by atoms with Crippen LogP contribution in [0.4, 0.5) is 10.5 Å². The molecule has 35 heavy (non-hydrogen) atoms. The van der Waals surface area contributed by atoms with E-state index in [9.17, 15) is 14.4 Å². The molecule has 0 atom stereocenters. The Morgan fingerprint density at radius 2 is 1.80 bits per heavy atom. The summed E-state index contributed by atoms with van der Waals surface area (Å²) in [7, 11) is 0. The van der Waals surface area contributed by atoms with E-state index in [0.717, 1.165) is 16.7 Å². The highest BCUT2D eigenvalue weighted by molar-refractivity contribution is 9.10. The molecule has 1 fully saturated rings. The van der Waals surface area contributed by atoms with Gasteiger partial charge in [0.2, 0.25) is 5.91 Å². The van der Waals surface area contributed by atoms with Crippen molar-refractivity contribution in [3.8, 4) is 29.6 Å². The number of hydrogen-bond donors (Lipinski definition) is 1. The number of hydrogen-bond acceptors (Lipinski definition) is 7. The van der Waals surface area contributed by atoms with Gasteiger partial charge in [0.1, 0.15) is 18.9 Å². The van der Waals surface area contributed by atoms with E-state index in [4.69, 9.17) is 20.6 Å². The van der Waals surface area contributed by atoms with Gasteiger partial charge in [0.15, 0.2) is 11.5 Å². The third-order valence-electron chi connectivity index (χ3n) is 4.58. The molecule has 1 saturated heterocycles. The summed E-state index contributed by atoms with van der Waals surface area (Å²) in [6, 6.07) is 10.2. The van der Waals surface area contributed by atoms with Crippen molar-refractivity contribution >= 4 is 56.5 Å². The Hall–Kier alpha value is -3.42. The SMILES string of the molecule is C#CCOc1cc(Br)c(/C=C2/SC(=O)N(CC(=O)Nc3ccc(OCC)cc3)C2=O)cc1OCC. The fourth-order valence-electron chi connectivity index (χ4n) is 3.08. The van der Waals surface area contributed by atoms with Crippen LogP contribution in [0.5, 0.6) is 17.2 Å². The summed E-state index contributed by atoms with van der Waals surface area (Å²) in [5.74, 6) is 2.93. The quantitative estimate of drug-likeness (QED) is 0.326. The van der Waals surface area contributed by atoms with Gasteiger partial charge >= 0.3 is 0 Å². The van der Waals surface area contributed by atoms with E-state index in [0.29, 0.717) is 46.2 Å². The number of rotatable bonds is 10. The van der Waals surface area contributed by atoms with Crippen LogP contribution >= 0.6 is 27.7 Å². The monoisotopic (exact) mass is 558 g/mol. The van der Waals surface area contributed by atoms with Crippen LogP contribution in [0, 0.1) is 12.3 Å². The predicted molar refractivity (Wildman–Crippen MR) is 139 cm³/mol. The van der Waals surface area contributed by atoms with Crippen LogP contribution in [0.3, 0.4) is 0 Å². The Morgan fingerprint density at radius 3 is 2.46 bits per heavy atom. The second-order valence-corrected chi connectivity index (χ2v) is 8.87. The highest BCUT2D eigenvalue weighted by atomic mass is 79.9. The molecule has 2 aromatic rings. The van der Waals surface area contributed by atoms with Crippen LogP contribution < -0.4 is 19.5 Å². The maximum atomic E-state index is 12.9. The maximum Gasteiger partial charge on any atom is 0.294 e. The van der Waals surface area contributed by atoms with E-state index >= 15 is 0 Å². The first kappa shape index (κ1) is 26.2. The molecular formula is C25H23BrN2O6S. The van der Waals surface area contributed by atoms with Gasteiger partial charge in [0, 0.05) is 10.2 Å². The number of anilines is 1. The van der Waals surface area contributed by atoms with Crippen molar-refractivity contribution in [1.82, 2.24) is 4.90 Å². The van der Waals surface area contributed by atoms with Crippen molar-refractivity contribution in [3.05, 3.63) is 51.3 Å². The first-order valence-corrected chi connectivity index (χ1v) is 12.3. The number of imide groups is 1. The number of carbonyl (C=O) groups is 3. The number of thioether (sulfide) groups is 1. The lowest BCUT2D eigenvalue weighted by Gasteiger charge is -2.13. The number of amides is 3. The van der Waals surface area contributed by atoms with E-state index < -0.39 is 23.6 Å². The Balaban J connectivity index is 1.73. The first-order valence-electron chi connectivity index (χ1n) is 10.7. The molecular weight excluding hydrogens is 536 g/mol. The number of ether oxygens (including phenoxy) is 3. The van der Waals surface area contributed by atoms with Gasteiger partial charge in [-0.05, 0) is 73.6 Å². The standard InChI is InChI=1S/C25H23BrN2O6S/c1-4-11-34-21-14-19(26)16(12-20(21)33-6-3)13-22-24(30)28(25(31)35-22)15-23(29)27-17-7-9-18(10-8-17)32-5-2/h1,7-10,12-14H,5-6,11,15H2,2-3H3,(H,27,29)/b22-13+. The zero-order valence-electron chi connectivity index (χ0n) is 19.1. The summed E-state index contributed by atoms with van der Waals surface area (Å²) >= 11 is 4.21. The summed E-state index contributed by atoms with van der Waals surface area (Å²) in [6.45, 7) is 4.31. The molecule has 3 rings (SSSR count). The topological polar surface area (TPSA) is 94.2 Å². The average Bonchev–Trinajstić information content (AvgIpc) is 3.09. The van der Waals surface area contributed by atoms with Gasteiger partial charge in [-0.15, -0.1) is 6.42 Å². The lowest BCUT2D eigenvalue weighted by Crippen LogP contribution is -2.36. The Morgan fingerprint density at radius 1 is 1.11 bits per heavy atom. The minimum Gasteiger partial charge on any atom is -0.494 e. The van der Waals surface area contributed by atoms with Crippen molar-refractivity contribution in [1.29, 1.82) is 0 Å². The fraction of sp³-hybridized carbons (Fsp3) is 0.240. The minimum absolute atomic E-state index is 0.0729. The Kier molecular flexibility index (Phi) is 9.23. The summed E-state index contributed by atoms with van der Waals surface area (Å²) in [5.41, 5.74) is 1.13. The van der Waals surface area contributed by atoms with Crippen LogP contribution in [-0.2, 0) is 9.59 Å². The molecule has 0 radical (unpaired) electrons. The van der Waals surface area contributed by atoms with Crippen molar-refractivity contribution in [2.75, 3.05) is 31.7 Å². The van der Waals surface area contributed by atoms with E-state index in [1.165, 1.54) is 0 Å². The molecule has 2 aromatic carbocycles. The van der Waals surface area contributed by atoms with Crippen LogP contribution in [0.15, 0.2) is 45.8 Å². The number of carbonyl (C=O) groups excluding carboxylic acids is 3. The molecule has 3 amide bonds. The zero-order valence-corrected chi connectivity index (χ0v) is 21.5. The van der Waals surface area contributed by atoms with Gasteiger partial charge < -0.3 is 19.5 Å². The van der Waals surface area contributed by atoms with Crippen LogP contribution in [0.2, 0.25) is 0 Å². The van der Waals surface area contributed by atoms with Gasteiger partial charge in [-0.3, -0.25) is 19.3 Å². The smallest absolute Gasteiger partial charge is 0.294 e. The molecule has 1 N–H and O–H groups in total. The van der Waals surface area contributed by atoms with Crippen LogP contribution in [0.25, 0.3) is 6.08 Å². The molecule has 10 heteroatoms. The molecule has 0 aliphatic carbocycles. The molecule has 1 aliphatic rings. The Labute approximate surface area is 216 Å². The normalized spacial score (nSPS) is 14.1. The maximum absolute atomic E-state index is 12.9. The van der Waals surface area contributed by atoms with E-state index in [-0.39, 0.29) is 11.5 Å². The highest BCUT2D eigenvalue weighted by Crippen LogP contribution is 2.38. The summed E-state index contributed by atoms with van der Waals surface area (Å²) in [4.78, 5) is 38.9. The molecule has 8 nitrogen and oxygen atoms in total. The lowest BCUT2D eigenvalue weighted by atomic mass is 10.2. The summed E-state index contributed by atoms with van der Waals surface area (Å²) in [5, 5.41) is 2.15. The highest BCUT2D eigenvalue weighted by Gasteiger charge is 2.36. The van der Waals surface area contributed by atoms with E-state index in [1.54, 1.807) is 42.5 Å². The molecule has 182 valence electrons. The second kappa shape index (κ2) is 12.3. The Bertz CT molecular complexity index is 1190. The van der Waals surface area contributed by atoms with E-state index in [1.807, 2.05) is 13.8 Å². The van der Waals surface area contributed by atoms with Crippen molar-refractivity contribution in [2.45, 2.75) is 13.8 Å². The third kappa shape index (κ3) is 6.81. The molecule has 0 bridgehead atoms. The molecule has 0 spiro atoms. The third-order valence-corrected chi connectivity index (χ3v) is 6.18. The summed E-state index contributed by atoms with van der Waals surface area (Å²) < 4.78 is 17.1. The van der Waals surface area contributed by atoms with Crippen molar-refractivity contribution in [3.63, 3.8) is 0 Å². The van der Waals surface area contributed by atoms with Gasteiger partial charge in [0.05, 0.1) is 18.1 Å². The van der Waals surface area contributed by atoms with Gasteiger partial charge in [-0.2, -0.15) is 0 Å². The first-order chi connectivity index (χ1) is 16.9. The predicted octanol–water partition coefficient (Wildman–Crippen LogP) is 4.93. The van der Waals surface area contributed by atoms with Crippen LogP contribution in [-0.4, -0.2) is 48.3 Å². The van der Waals surface area contributed by atoms with Gasteiger partial charge in [-0.1, -0.05) is 21.9 Å². The van der Waals surface area contributed by atoms with Crippen molar-refractivity contribution in [2.24, 2.45) is 0 Å². The molecule has 0 unspecified atom stereocenters. The number of nitrogens with zero attached hydrogens (tertiary/aromatic N) is 1. The summed E-state index contributed by atoms with van der Waals surface area (Å²) in [6.07, 6.45) is 6.83. The van der Waals surface area contributed by atoms with E-state index in [2.05, 4.69) is 27.2 Å². The number of nitrogens with one attached hydrogen (secondary N) is 1. The molecule has 0 aromatic heterocycles. The average molecular weight is 559 g/mol. The van der Waals surface area contributed by atoms with Gasteiger partial charge in [-0.25, -0.2) is 0 Å². The number of halogens is 1. The zero-order chi connectivity index (χ0) is 25.4. The fourth-order valence-corrected chi connectivity index (χ4v) is 4.35. The number of benzene rings is 2. The second-order valence-electron chi connectivity index (χ2n) is 7.02. The largest absolute Gasteiger partial charge is 0.494 e. The van der Waals surface area contributed by atoms with Gasteiger partial charge in [0.25, 0.3) is 11.1 Å². The minimum atomic E-state index is -0.556. The lowest BCUT2D eigenvalue weighted by molar-refractivity contribution is -0.127. The number of terminal acetylenes is 1. The van der Waals surface area contributed by atoms with Crippen LogP contribution in [0.1, 0.15) is 19.4 Å².